The summed E-state index contributed by atoms with van der Waals surface area (Å²) in [5.41, 5.74) is 0. The lowest BCUT2D eigenvalue weighted by Gasteiger charge is -2.38. The average molecular weight is 285 g/mol. The van der Waals surface area contributed by atoms with Gasteiger partial charge < -0.3 is 24.5 Å². The molecule has 2 unspecified atom stereocenters. The molecule has 2 fully saturated rings. The third kappa shape index (κ3) is 3.04. The second-order valence-electron chi connectivity index (χ2n) is 5.41. The Kier molecular flexibility index (Phi) is 4.82. The number of piperazine rings is 1. The first kappa shape index (κ1) is 15.1. The van der Waals surface area contributed by atoms with Gasteiger partial charge in [-0.05, 0) is 14.0 Å². The van der Waals surface area contributed by atoms with E-state index in [1.165, 1.54) is 0 Å². The van der Waals surface area contributed by atoms with E-state index in [1.807, 2.05) is 14.0 Å². The molecule has 0 aromatic rings. The highest BCUT2D eigenvalue weighted by molar-refractivity contribution is 5.77. The number of carboxylic acids is 1. The maximum Gasteiger partial charge on any atom is 0.320 e. The Balaban J connectivity index is 2.03. The number of urea groups is 1. The summed E-state index contributed by atoms with van der Waals surface area (Å²) in [6.45, 7) is 5.97. The Morgan fingerprint density at radius 2 is 1.90 bits per heavy atom. The maximum absolute atomic E-state index is 12.6. The Morgan fingerprint density at radius 1 is 1.25 bits per heavy atom. The van der Waals surface area contributed by atoms with Crippen molar-refractivity contribution in [2.24, 2.45) is 5.92 Å². The Morgan fingerprint density at radius 3 is 2.45 bits per heavy atom. The first-order valence-corrected chi connectivity index (χ1v) is 7.09. The van der Waals surface area contributed by atoms with E-state index in [9.17, 15) is 14.7 Å². The van der Waals surface area contributed by atoms with Crippen LogP contribution in [0.25, 0.3) is 0 Å². The molecule has 2 aliphatic rings. The lowest BCUT2D eigenvalue weighted by atomic mass is 10.0. The van der Waals surface area contributed by atoms with Gasteiger partial charge in [0.1, 0.15) is 5.92 Å². The molecule has 2 atom stereocenters. The van der Waals surface area contributed by atoms with Gasteiger partial charge in [-0.15, -0.1) is 0 Å². The van der Waals surface area contributed by atoms with E-state index in [-0.39, 0.29) is 18.7 Å². The molecular weight excluding hydrogens is 262 g/mol. The number of amides is 2. The topological polar surface area (TPSA) is 73.3 Å². The van der Waals surface area contributed by atoms with Crippen LogP contribution in [0.1, 0.15) is 6.92 Å². The van der Waals surface area contributed by atoms with Gasteiger partial charge >= 0.3 is 12.0 Å². The molecule has 2 amide bonds. The molecule has 20 heavy (non-hydrogen) atoms. The van der Waals surface area contributed by atoms with Gasteiger partial charge in [-0.2, -0.15) is 0 Å². The molecule has 7 heteroatoms. The van der Waals surface area contributed by atoms with Crippen molar-refractivity contribution in [2.75, 3.05) is 53.0 Å². The van der Waals surface area contributed by atoms with Crippen LogP contribution in [0.3, 0.4) is 0 Å². The van der Waals surface area contributed by atoms with Crippen molar-refractivity contribution in [3.63, 3.8) is 0 Å². The number of rotatable bonds is 3. The van der Waals surface area contributed by atoms with Crippen LogP contribution in [-0.2, 0) is 9.53 Å². The molecule has 0 aromatic heterocycles. The molecule has 0 spiro atoms. The summed E-state index contributed by atoms with van der Waals surface area (Å²) >= 11 is 0. The van der Waals surface area contributed by atoms with E-state index in [2.05, 4.69) is 4.90 Å². The minimum absolute atomic E-state index is 0.0673. The monoisotopic (exact) mass is 285 g/mol. The molecule has 114 valence electrons. The van der Waals surface area contributed by atoms with E-state index in [4.69, 9.17) is 4.74 Å². The number of aliphatic carboxylic acids is 1. The largest absolute Gasteiger partial charge is 0.481 e. The summed E-state index contributed by atoms with van der Waals surface area (Å²) in [4.78, 5) is 29.4. The van der Waals surface area contributed by atoms with Crippen molar-refractivity contribution in [1.29, 1.82) is 0 Å². The minimum atomic E-state index is -0.892. The maximum atomic E-state index is 12.6. The molecule has 1 N–H and O–H groups in total. The predicted octanol–water partition coefficient (Wildman–Crippen LogP) is -0.225. The first-order valence-electron chi connectivity index (χ1n) is 7.09. The summed E-state index contributed by atoms with van der Waals surface area (Å²) in [7, 11) is 2.03. The predicted molar refractivity (Wildman–Crippen MR) is 72.6 cm³/mol. The molecule has 0 radical (unpaired) electrons. The Bertz CT molecular complexity index is 369. The molecular formula is C13H23N3O4. The number of carbonyl (C=O) groups excluding carboxylic acids is 1. The fraction of sp³-hybridized carbons (Fsp3) is 0.846. The summed E-state index contributed by atoms with van der Waals surface area (Å²) in [5, 5.41) is 9.22. The van der Waals surface area contributed by atoms with E-state index >= 15 is 0 Å². The molecule has 0 saturated carbocycles. The van der Waals surface area contributed by atoms with E-state index in [0.717, 1.165) is 13.1 Å². The van der Waals surface area contributed by atoms with Crippen LogP contribution in [-0.4, -0.2) is 90.8 Å². The smallest absolute Gasteiger partial charge is 0.320 e. The molecule has 0 aromatic carbocycles. The van der Waals surface area contributed by atoms with Gasteiger partial charge in [-0.25, -0.2) is 4.79 Å². The zero-order valence-electron chi connectivity index (χ0n) is 12.1. The van der Waals surface area contributed by atoms with Gasteiger partial charge in [-0.3, -0.25) is 4.79 Å². The number of carboxylic acid groups (broad SMARTS) is 1. The van der Waals surface area contributed by atoms with E-state index in [1.54, 1.807) is 9.80 Å². The highest BCUT2D eigenvalue weighted by Gasteiger charge is 2.40. The fourth-order valence-corrected chi connectivity index (χ4v) is 2.78. The molecule has 0 aliphatic carbocycles. The fourth-order valence-electron chi connectivity index (χ4n) is 2.78. The number of nitrogens with zero attached hydrogens (tertiary/aromatic N) is 3. The number of ether oxygens (including phenoxy) is 1. The van der Waals surface area contributed by atoms with Crippen LogP contribution in [0, 0.1) is 5.92 Å². The van der Waals surface area contributed by atoms with Gasteiger partial charge in [0, 0.05) is 32.7 Å². The number of likely N-dealkylation sites (N-methyl/N-ethyl adjacent to an activating group) is 2. The summed E-state index contributed by atoms with van der Waals surface area (Å²) in [5.74, 6) is -1.51. The van der Waals surface area contributed by atoms with Gasteiger partial charge in [0.25, 0.3) is 0 Å². The zero-order chi connectivity index (χ0) is 14.7. The van der Waals surface area contributed by atoms with E-state index < -0.39 is 11.9 Å². The van der Waals surface area contributed by atoms with Gasteiger partial charge in [0.05, 0.1) is 19.3 Å². The second kappa shape index (κ2) is 6.41. The van der Waals surface area contributed by atoms with Gasteiger partial charge in [0.15, 0.2) is 0 Å². The van der Waals surface area contributed by atoms with Crippen molar-refractivity contribution in [3.8, 4) is 0 Å². The van der Waals surface area contributed by atoms with Gasteiger partial charge in [0.2, 0.25) is 0 Å². The third-order valence-corrected chi connectivity index (χ3v) is 4.13. The van der Waals surface area contributed by atoms with Crippen LogP contribution in [0.15, 0.2) is 0 Å². The van der Waals surface area contributed by atoms with Crippen LogP contribution < -0.4 is 0 Å². The summed E-state index contributed by atoms with van der Waals surface area (Å²) in [6.07, 6.45) is 0. The SMILES string of the molecule is CCN(C(=O)N1CCN(C)CC1)C1COCC1C(=O)O. The minimum Gasteiger partial charge on any atom is -0.481 e. The number of hydrogen-bond donors (Lipinski definition) is 1. The quantitative estimate of drug-likeness (QED) is 0.776. The van der Waals surface area contributed by atoms with Crippen LogP contribution in [0.4, 0.5) is 4.79 Å². The first-order chi connectivity index (χ1) is 9.54. The van der Waals surface area contributed by atoms with Crippen molar-refractivity contribution in [2.45, 2.75) is 13.0 Å². The van der Waals surface area contributed by atoms with Crippen LogP contribution in [0.5, 0.6) is 0 Å². The summed E-state index contributed by atoms with van der Waals surface area (Å²) in [6, 6.07) is -0.424. The zero-order valence-corrected chi connectivity index (χ0v) is 12.1. The highest BCUT2D eigenvalue weighted by Crippen LogP contribution is 2.21. The molecule has 2 heterocycles. The van der Waals surface area contributed by atoms with Crippen molar-refractivity contribution in [3.05, 3.63) is 0 Å². The van der Waals surface area contributed by atoms with E-state index in [0.29, 0.717) is 26.2 Å². The second-order valence-corrected chi connectivity index (χ2v) is 5.41. The Hall–Kier alpha value is -1.34. The standard InChI is InChI=1S/C13H23N3O4/c1-3-16(11-9-20-8-10(11)12(17)18)13(19)15-6-4-14(2)5-7-15/h10-11H,3-9H2,1-2H3,(H,17,18). The third-order valence-electron chi connectivity index (χ3n) is 4.13. The highest BCUT2D eigenvalue weighted by atomic mass is 16.5. The molecule has 7 nitrogen and oxygen atoms in total. The molecule has 0 bridgehead atoms. The normalized spacial score (nSPS) is 27.6. The number of hydrogen-bond acceptors (Lipinski definition) is 4. The molecule has 2 aliphatic heterocycles. The van der Waals surface area contributed by atoms with Crippen molar-refractivity contribution >= 4 is 12.0 Å². The Labute approximate surface area is 119 Å². The van der Waals surface area contributed by atoms with Crippen molar-refractivity contribution in [1.82, 2.24) is 14.7 Å². The summed E-state index contributed by atoms with van der Waals surface area (Å²) < 4.78 is 5.27. The number of carbonyl (C=O) groups is 2. The molecule has 2 saturated heterocycles. The van der Waals surface area contributed by atoms with Crippen LogP contribution >= 0.6 is 0 Å². The van der Waals surface area contributed by atoms with Gasteiger partial charge in [-0.1, -0.05) is 0 Å². The average Bonchev–Trinajstić information content (AvgIpc) is 2.89. The van der Waals surface area contributed by atoms with Crippen molar-refractivity contribution < 1.29 is 19.4 Å². The lowest BCUT2D eigenvalue weighted by Crippen LogP contribution is -2.56. The lowest BCUT2D eigenvalue weighted by molar-refractivity contribution is -0.142. The molecule has 2 rings (SSSR count). The van der Waals surface area contributed by atoms with Crippen LogP contribution in [0.2, 0.25) is 0 Å².